The van der Waals surface area contributed by atoms with Crippen molar-refractivity contribution in [2.45, 2.75) is 26.4 Å². The second-order valence-electron chi connectivity index (χ2n) is 4.80. The van der Waals surface area contributed by atoms with Gasteiger partial charge in [-0.1, -0.05) is 6.08 Å². The van der Waals surface area contributed by atoms with Crippen LogP contribution >= 0.6 is 15.9 Å². The Morgan fingerprint density at radius 3 is 2.43 bits per heavy atom. The van der Waals surface area contributed by atoms with E-state index in [9.17, 15) is 4.79 Å². The molecule has 0 bridgehead atoms. The predicted molar refractivity (Wildman–Crippen MR) is 94.2 cm³/mol. The van der Waals surface area contributed by atoms with Crippen LogP contribution in [0.25, 0.3) is 0 Å². The summed E-state index contributed by atoms with van der Waals surface area (Å²) < 4.78 is 17.1. The van der Waals surface area contributed by atoms with Gasteiger partial charge in [0.05, 0.1) is 18.7 Å². The van der Waals surface area contributed by atoms with E-state index in [1.165, 1.54) is 0 Å². The third-order valence-corrected chi connectivity index (χ3v) is 4.34. The van der Waals surface area contributed by atoms with Gasteiger partial charge in [-0.3, -0.25) is 0 Å². The van der Waals surface area contributed by atoms with Crippen LogP contribution < -0.4 is 9.47 Å². The lowest BCUT2D eigenvalue weighted by atomic mass is 10.1. The Morgan fingerprint density at radius 2 is 1.96 bits per heavy atom. The first-order valence-corrected chi connectivity index (χ1v) is 8.29. The first kappa shape index (κ1) is 19.4. The molecule has 0 aliphatic heterocycles. The van der Waals surface area contributed by atoms with Crippen molar-refractivity contribution in [3.05, 3.63) is 34.8 Å². The Bertz CT molecular complexity index is 544. The van der Waals surface area contributed by atoms with Crippen molar-refractivity contribution < 1.29 is 19.0 Å². The number of amides is 1. The van der Waals surface area contributed by atoms with Gasteiger partial charge in [0.2, 0.25) is 0 Å². The van der Waals surface area contributed by atoms with Gasteiger partial charge in [0.25, 0.3) is 0 Å². The molecule has 0 radical (unpaired) electrons. The van der Waals surface area contributed by atoms with Crippen molar-refractivity contribution in [1.82, 2.24) is 4.90 Å². The van der Waals surface area contributed by atoms with Crippen LogP contribution in [0, 0.1) is 0 Å². The topological polar surface area (TPSA) is 48.0 Å². The minimum Gasteiger partial charge on any atom is -0.497 e. The Kier molecular flexibility index (Phi) is 7.95. The SMILES string of the molecule is C=CC[C@@H](OC(=O)N(CC)CC)c1cc(OC)cc(OC)c1Br. The molecule has 0 aromatic heterocycles. The van der Waals surface area contributed by atoms with E-state index in [0.717, 1.165) is 10.0 Å². The number of carbonyl (C=O) groups excluding carboxylic acids is 1. The molecule has 0 fully saturated rings. The molecule has 1 amide bonds. The highest BCUT2D eigenvalue weighted by molar-refractivity contribution is 9.10. The van der Waals surface area contributed by atoms with Gasteiger partial charge in [-0.2, -0.15) is 0 Å². The molecular formula is C17H24BrNO4. The van der Waals surface area contributed by atoms with Crippen LogP contribution in [0.2, 0.25) is 0 Å². The molecule has 5 nitrogen and oxygen atoms in total. The third kappa shape index (κ3) is 4.89. The molecule has 1 aromatic rings. The molecule has 0 aliphatic rings. The molecule has 23 heavy (non-hydrogen) atoms. The number of nitrogens with zero attached hydrogens (tertiary/aromatic N) is 1. The van der Waals surface area contributed by atoms with E-state index in [1.54, 1.807) is 31.3 Å². The van der Waals surface area contributed by atoms with E-state index in [1.807, 2.05) is 19.9 Å². The quantitative estimate of drug-likeness (QED) is 0.615. The molecule has 1 atom stereocenters. The van der Waals surface area contributed by atoms with E-state index < -0.39 is 6.10 Å². The van der Waals surface area contributed by atoms with Crippen LogP contribution in [-0.2, 0) is 4.74 Å². The van der Waals surface area contributed by atoms with E-state index in [0.29, 0.717) is 31.0 Å². The Labute approximate surface area is 146 Å². The molecule has 0 N–H and O–H groups in total. The van der Waals surface area contributed by atoms with Gasteiger partial charge in [-0.05, 0) is 35.8 Å². The maximum Gasteiger partial charge on any atom is 0.410 e. The molecule has 0 saturated carbocycles. The number of hydrogen-bond donors (Lipinski definition) is 0. The van der Waals surface area contributed by atoms with E-state index >= 15 is 0 Å². The molecule has 0 aliphatic carbocycles. The average molecular weight is 386 g/mol. The van der Waals surface area contributed by atoms with Crippen molar-refractivity contribution in [2.75, 3.05) is 27.3 Å². The van der Waals surface area contributed by atoms with Crippen LogP contribution in [0.3, 0.4) is 0 Å². The van der Waals surface area contributed by atoms with Crippen molar-refractivity contribution in [3.8, 4) is 11.5 Å². The molecule has 0 saturated heterocycles. The first-order valence-electron chi connectivity index (χ1n) is 7.50. The molecule has 1 aromatic carbocycles. The van der Waals surface area contributed by atoms with Crippen molar-refractivity contribution in [2.24, 2.45) is 0 Å². The number of ether oxygens (including phenoxy) is 3. The largest absolute Gasteiger partial charge is 0.497 e. The first-order chi connectivity index (χ1) is 11.0. The molecule has 1 rings (SSSR count). The summed E-state index contributed by atoms with van der Waals surface area (Å²) in [6, 6.07) is 3.60. The molecule has 0 unspecified atom stereocenters. The Balaban J connectivity index is 3.19. The maximum absolute atomic E-state index is 12.3. The summed E-state index contributed by atoms with van der Waals surface area (Å²) in [6.07, 6.45) is 1.38. The minimum absolute atomic E-state index is 0.351. The summed E-state index contributed by atoms with van der Waals surface area (Å²) in [6.45, 7) is 8.77. The number of rotatable bonds is 8. The number of hydrogen-bond acceptors (Lipinski definition) is 4. The van der Waals surface area contributed by atoms with Crippen LogP contribution in [0.1, 0.15) is 31.9 Å². The standard InChI is InChI=1S/C17H24BrNO4/c1-6-9-14(23-17(20)19(7-2)8-3)13-10-12(21-4)11-15(22-5)16(13)18/h6,10-11,14H,1,7-9H2,2-5H3/t14-/m1/s1. The summed E-state index contributed by atoms with van der Waals surface area (Å²) in [7, 11) is 3.16. The highest BCUT2D eigenvalue weighted by atomic mass is 79.9. The fraction of sp³-hybridized carbons (Fsp3) is 0.471. The Hall–Kier alpha value is -1.69. The summed E-state index contributed by atoms with van der Waals surface area (Å²) in [5.74, 6) is 1.25. The zero-order valence-electron chi connectivity index (χ0n) is 14.1. The highest BCUT2D eigenvalue weighted by Crippen LogP contribution is 2.39. The molecule has 0 heterocycles. The third-order valence-electron chi connectivity index (χ3n) is 3.49. The molecule has 0 spiro atoms. The van der Waals surface area contributed by atoms with Gasteiger partial charge in [0, 0.05) is 31.1 Å². The van der Waals surface area contributed by atoms with Gasteiger partial charge in [-0.15, -0.1) is 6.58 Å². The zero-order chi connectivity index (χ0) is 17.4. The van der Waals surface area contributed by atoms with Gasteiger partial charge >= 0.3 is 6.09 Å². The molecule has 128 valence electrons. The van der Waals surface area contributed by atoms with Crippen molar-refractivity contribution in [3.63, 3.8) is 0 Å². The van der Waals surface area contributed by atoms with Gasteiger partial charge in [0.15, 0.2) is 0 Å². The van der Waals surface area contributed by atoms with Gasteiger partial charge < -0.3 is 19.1 Å². The predicted octanol–water partition coefficient (Wildman–Crippen LogP) is 4.56. The summed E-state index contributed by atoms with van der Waals surface area (Å²) >= 11 is 3.52. The summed E-state index contributed by atoms with van der Waals surface area (Å²) in [4.78, 5) is 13.9. The lowest BCUT2D eigenvalue weighted by molar-refractivity contribution is 0.0655. The van der Waals surface area contributed by atoms with Crippen LogP contribution in [-0.4, -0.2) is 38.3 Å². The lowest BCUT2D eigenvalue weighted by Crippen LogP contribution is -2.32. The zero-order valence-corrected chi connectivity index (χ0v) is 15.7. The lowest BCUT2D eigenvalue weighted by Gasteiger charge is -2.24. The second-order valence-corrected chi connectivity index (χ2v) is 5.59. The van der Waals surface area contributed by atoms with Gasteiger partial charge in [-0.25, -0.2) is 4.79 Å². The summed E-state index contributed by atoms with van der Waals surface area (Å²) in [5, 5.41) is 0. The van der Waals surface area contributed by atoms with E-state index in [4.69, 9.17) is 14.2 Å². The number of carbonyl (C=O) groups is 1. The van der Waals surface area contributed by atoms with Crippen LogP contribution in [0.4, 0.5) is 4.79 Å². The second kappa shape index (κ2) is 9.45. The van der Waals surface area contributed by atoms with E-state index in [2.05, 4.69) is 22.5 Å². The Morgan fingerprint density at radius 1 is 1.30 bits per heavy atom. The van der Waals surface area contributed by atoms with Crippen molar-refractivity contribution >= 4 is 22.0 Å². The number of halogens is 1. The normalized spacial score (nSPS) is 11.5. The van der Waals surface area contributed by atoms with Crippen LogP contribution in [0.5, 0.6) is 11.5 Å². The monoisotopic (exact) mass is 385 g/mol. The average Bonchev–Trinajstić information content (AvgIpc) is 2.56. The highest BCUT2D eigenvalue weighted by Gasteiger charge is 2.23. The fourth-order valence-corrected chi connectivity index (χ4v) is 2.81. The summed E-state index contributed by atoms with van der Waals surface area (Å²) in [5.41, 5.74) is 0.779. The number of benzene rings is 1. The number of methoxy groups -OCH3 is 2. The molecule has 6 heteroatoms. The minimum atomic E-state index is -0.473. The van der Waals surface area contributed by atoms with Crippen LogP contribution in [0.15, 0.2) is 29.3 Å². The molecular weight excluding hydrogens is 362 g/mol. The van der Waals surface area contributed by atoms with Crippen molar-refractivity contribution in [1.29, 1.82) is 0 Å². The fourth-order valence-electron chi connectivity index (χ4n) is 2.16. The smallest absolute Gasteiger partial charge is 0.410 e. The van der Waals surface area contributed by atoms with Gasteiger partial charge in [0.1, 0.15) is 17.6 Å². The maximum atomic E-state index is 12.3. The van der Waals surface area contributed by atoms with E-state index in [-0.39, 0.29) is 6.09 Å².